The SMILES string of the molecule is COC(=O)CCCN(C)C(=O)N1CCC(CC(=O)O)CC1. The first-order valence-electron chi connectivity index (χ1n) is 7.22. The van der Waals surface area contributed by atoms with E-state index in [2.05, 4.69) is 4.74 Å². The van der Waals surface area contributed by atoms with E-state index < -0.39 is 5.97 Å². The lowest BCUT2D eigenvalue weighted by atomic mass is 9.94. The molecule has 0 aromatic carbocycles. The van der Waals surface area contributed by atoms with Gasteiger partial charge in [-0.15, -0.1) is 0 Å². The van der Waals surface area contributed by atoms with E-state index in [9.17, 15) is 14.4 Å². The number of piperidine rings is 1. The fourth-order valence-corrected chi connectivity index (χ4v) is 2.48. The van der Waals surface area contributed by atoms with Crippen molar-refractivity contribution in [3.05, 3.63) is 0 Å². The standard InChI is InChI=1S/C14H24N2O5/c1-15(7-3-4-13(19)21-2)14(20)16-8-5-11(6-9-16)10-12(17)18/h11H,3-10H2,1-2H3,(H,17,18). The molecule has 1 fully saturated rings. The van der Waals surface area contributed by atoms with Gasteiger partial charge >= 0.3 is 18.0 Å². The van der Waals surface area contributed by atoms with Gasteiger partial charge in [-0.25, -0.2) is 4.79 Å². The molecule has 1 aliphatic heterocycles. The zero-order chi connectivity index (χ0) is 15.8. The Morgan fingerprint density at radius 1 is 1.29 bits per heavy atom. The molecule has 1 aliphatic rings. The van der Waals surface area contributed by atoms with Crippen molar-refractivity contribution in [1.29, 1.82) is 0 Å². The summed E-state index contributed by atoms with van der Waals surface area (Å²) < 4.78 is 4.55. The quantitative estimate of drug-likeness (QED) is 0.744. The maximum Gasteiger partial charge on any atom is 0.319 e. The zero-order valence-electron chi connectivity index (χ0n) is 12.7. The van der Waals surface area contributed by atoms with Crippen LogP contribution in [0.5, 0.6) is 0 Å². The highest BCUT2D eigenvalue weighted by Gasteiger charge is 2.25. The summed E-state index contributed by atoms with van der Waals surface area (Å²) in [6.45, 7) is 1.69. The number of ether oxygens (including phenoxy) is 1. The third-order valence-electron chi connectivity index (χ3n) is 3.78. The molecule has 0 unspecified atom stereocenters. The molecule has 1 rings (SSSR count). The summed E-state index contributed by atoms with van der Waals surface area (Å²) in [6.07, 6.45) is 2.51. The normalized spacial score (nSPS) is 15.6. The largest absolute Gasteiger partial charge is 0.481 e. The van der Waals surface area contributed by atoms with Crippen molar-refractivity contribution < 1.29 is 24.2 Å². The van der Waals surface area contributed by atoms with Gasteiger partial charge < -0.3 is 19.6 Å². The maximum atomic E-state index is 12.2. The molecule has 1 saturated heterocycles. The number of aliphatic carboxylic acids is 1. The van der Waals surface area contributed by atoms with Crippen LogP contribution in [0.3, 0.4) is 0 Å². The minimum atomic E-state index is -0.778. The van der Waals surface area contributed by atoms with Gasteiger partial charge in [-0.05, 0) is 25.2 Å². The third kappa shape index (κ3) is 6.01. The van der Waals surface area contributed by atoms with Gasteiger partial charge in [0.15, 0.2) is 0 Å². The predicted molar refractivity (Wildman–Crippen MR) is 75.8 cm³/mol. The second kappa shape index (κ2) is 8.49. The summed E-state index contributed by atoms with van der Waals surface area (Å²) >= 11 is 0. The molecule has 1 heterocycles. The van der Waals surface area contributed by atoms with E-state index in [-0.39, 0.29) is 24.3 Å². The number of likely N-dealkylation sites (tertiary alicyclic amines) is 1. The van der Waals surface area contributed by atoms with E-state index in [4.69, 9.17) is 5.11 Å². The molecule has 0 aromatic rings. The third-order valence-corrected chi connectivity index (χ3v) is 3.78. The van der Waals surface area contributed by atoms with Crippen LogP contribution >= 0.6 is 0 Å². The summed E-state index contributed by atoms with van der Waals surface area (Å²) in [5, 5.41) is 8.76. The van der Waals surface area contributed by atoms with Gasteiger partial charge in [-0.1, -0.05) is 0 Å². The zero-order valence-corrected chi connectivity index (χ0v) is 12.7. The van der Waals surface area contributed by atoms with Crippen LogP contribution in [0.25, 0.3) is 0 Å². The molecule has 0 saturated carbocycles. The van der Waals surface area contributed by atoms with Crippen LogP contribution in [0.15, 0.2) is 0 Å². The van der Waals surface area contributed by atoms with Gasteiger partial charge in [-0.3, -0.25) is 9.59 Å². The van der Waals surface area contributed by atoms with Crippen LogP contribution in [-0.4, -0.2) is 66.7 Å². The highest BCUT2D eigenvalue weighted by Crippen LogP contribution is 2.21. The summed E-state index contributed by atoms with van der Waals surface area (Å²) in [7, 11) is 3.06. The first-order chi connectivity index (χ1) is 9.93. The molecule has 7 heteroatoms. The second-order valence-corrected chi connectivity index (χ2v) is 5.41. The average molecular weight is 300 g/mol. The molecule has 7 nitrogen and oxygen atoms in total. The van der Waals surface area contributed by atoms with Gasteiger partial charge in [0, 0.05) is 39.5 Å². The van der Waals surface area contributed by atoms with E-state index >= 15 is 0 Å². The summed E-state index contributed by atoms with van der Waals surface area (Å²) in [5.41, 5.74) is 0. The lowest BCUT2D eigenvalue weighted by molar-refractivity contribution is -0.141. The van der Waals surface area contributed by atoms with Gasteiger partial charge in [0.25, 0.3) is 0 Å². The number of amides is 2. The van der Waals surface area contributed by atoms with Crippen molar-refractivity contribution in [2.75, 3.05) is 33.8 Å². The van der Waals surface area contributed by atoms with Gasteiger partial charge in [-0.2, -0.15) is 0 Å². The number of carboxylic acids is 1. The van der Waals surface area contributed by atoms with Crippen LogP contribution in [-0.2, 0) is 14.3 Å². The summed E-state index contributed by atoms with van der Waals surface area (Å²) in [4.78, 5) is 37.2. The number of carbonyl (C=O) groups excluding carboxylic acids is 2. The summed E-state index contributed by atoms with van der Waals surface area (Å²) in [5.74, 6) is -0.888. The van der Waals surface area contributed by atoms with Gasteiger partial charge in [0.2, 0.25) is 0 Å². The Balaban J connectivity index is 2.29. The van der Waals surface area contributed by atoms with Crippen LogP contribution in [0.4, 0.5) is 4.79 Å². The first-order valence-corrected chi connectivity index (χ1v) is 7.22. The monoisotopic (exact) mass is 300 g/mol. The lowest BCUT2D eigenvalue weighted by Gasteiger charge is -2.34. The van der Waals surface area contributed by atoms with Crippen molar-refractivity contribution >= 4 is 18.0 Å². The van der Waals surface area contributed by atoms with Crippen LogP contribution in [0.1, 0.15) is 32.1 Å². The Morgan fingerprint density at radius 2 is 1.90 bits per heavy atom. The van der Waals surface area contributed by atoms with Crippen LogP contribution < -0.4 is 0 Å². The first kappa shape index (κ1) is 17.3. The van der Waals surface area contributed by atoms with E-state index in [1.54, 1.807) is 16.8 Å². The Kier molecular flexibility index (Phi) is 6.98. The van der Waals surface area contributed by atoms with Crippen molar-refractivity contribution in [1.82, 2.24) is 9.80 Å². The Morgan fingerprint density at radius 3 is 2.43 bits per heavy atom. The molecule has 0 aromatic heterocycles. The van der Waals surface area contributed by atoms with Crippen molar-refractivity contribution in [2.45, 2.75) is 32.1 Å². The lowest BCUT2D eigenvalue weighted by Crippen LogP contribution is -2.45. The Bertz CT molecular complexity index is 378. The number of carboxylic acid groups (broad SMARTS) is 1. The van der Waals surface area contributed by atoms with E-state index in [1.165, 1.54) is 7.11 Å². The number of hydrogen-bond donors (Lipinski definition) is 1. The molecule has 2 amide bonds. The molecule has 21 heavy (non-hydrogen) atoms. The number of rotatable bonds is 6. The van der Waals surface area contributed by atoms with Gasteiger partial charge in [0.1, 0.15) is 0 Å². The molecule has 120 valence electrons. The predicted octanol–water partition coefficient (Wildman–Crippen LogP) is 1.18. The minimum absolute atomic E-state index is 0.0614. The maximum absolute atomic E-state index is 12.2. The Labute approximate surface area is 124 Å². The van der Waals surface area contributed by atoms with E-state index in [1.807, 2.05) is 0 Å². The molecular weight excluding hydrogens is 276 g/mol. The molecular formula is C14H24N2O5. The fraction of sp³-hybridized carbons (Fsp3) is 0.786. The topological polar surface area (TPSA) is 87.2 Å². The molecule has 1 N–H and O–H groups in total. The van der Waals surface area contributed by atoms with Crippen molar-refractivity contribution in [3.63, 3.8) is 0 Å². The number of urea groups is 1. The highest BCUT2D eigenvalue weighted by molar-refractivity contribution is 5.74. The highest BCUT2D eigenvalue weighted by atomic mass is 16.5. The van der Waals surface area contributed by atoms with Crippen LogP contribution in [0.2, 0.25) is 0 Å². The molecule has 0 radical (unpaired) electrons. The number of esters is 1. The average Bonchev–Trinajstić information content (AvgIpc) is 2.46. The molecule has 0 aliphatic carbocycles. The second-order valence-electron chi connectivity index (χ2n) is 5.41. The van der Waals surface area contributed by atoms with Crippen molar-refractivity contribution in [2.24, 2.45) is 5.92 Å². The summed E-state index contributed by atoms with van der Waals surface area (Å²) in [6, 6.07) is -0.0614. The minimum Gasteiger partial charge on any atom is -0.481 e. The van der Waals surface area contributed by atoms with Crippen molar-refractivity contribution in [3.8, 4) is 0 Å². The number of carbonyl (C=O) groups is 3. The fourth-order valence-electron chi connectivity index (χ4n) is 2.48. The van der Waals surface area contributed by atoms with Gasteiger partial charge in [0.05, 0.1) is 7.11 Å². The molecule has 0 atom stereocenters. The van der Waals surface area contributed by atoms with E-state index in [0.717, 1.165) is 12.8 Å². The van der Waals surface area contributed by atoms with Crippen LogP contribution in [0, 0.1) is 5.92 Å². The number of methoxy groups -OCH3 is 1. The molecule has 0 bridgehead atoms. The Hall–Kier alpha value is -1.79. The number of hydrogen-bond acceptors (Lipinski definition) is 4. The van der Waals surface area contributed by atoms with E-state index in [0.29, 0.717) is 32.5 Å². The smallest absolute Gasteiger partial charge is 0.319 e. The molecule has 0 spiro atoms. The number of nitrogens with zero attached hydrogens (tertiary/aromatic N) is 2.